The van der Waals surface area contributed by atoms with Crippen LogP contribution >= 0.6 is 27.3 Å². The van der Waals surface area contributed by atoms with E-state index in [0.29, 0.717) is 11.4 Å². The quantitative estimate of drug-likeness (QED) is 0.725. The molecule has 0 atom stereocenters. The van der Waals surface area contributed by atoms with Crippen molar-refractivity contribution < 1.29 is 5.11 Å². The summed E-state index contributed by atoms with van der Waals surface area (Å²) in [6.07, 6.45) is 0. The number of nitrogens with one attached hydrogen (secondary N) is 1. The lowest BCUT2D eigenvalue weighted by Crippen LogP contribution is -2.12. The first-order chi connectivity index (χ1) is 10.1. The Morgan fingerprint density at radius 2 is 2.00 bits per heavy atom. The van der Waals surface area contributed by atoms with Crippen molar-refractivity contribution in [1.82, 2.24) is 9.97 Å². The van der Waals surface area contributed by atoms with E-state index < -0.39 is 0 Å². The van der Waals surface area contributed by atoms with E-state index in [9.17, 15) is 9.90 Å². The molecule has 2 aromatic heterocycles. The molecule has 0 fully saturated rings. The lowest BCUT2D eigenvalue weighted by Gasteiger charge is -2.07. The van der Waals surface area contributed by atoms with E-state index >= 15 is 0 Å². The van der Waals surface area contributed by atoms with Gasteiger partial charge >= 0.3 is 0 Å². The average molecular weight is 363 g/mol. The van der Waals surface area contributed by atoms with Gasteiger partial charge in [0.1, 0.15) is 5.56 Å². The van der Waals surface area contributed by atoms with E-state index in [4.69, 9.17) is 0 Å². The van der Waals surface area contributed by atoms with Crippen LogP contribution < -0.4 is 5.56 Å². The number of nitrogens with zero attached hydrogens (tertiary/aromatic N) is 1. The van der Waals surface area contributed by atoms with E-state index in [0.717, 1.165) is 14.2 Å². The van der Waals surface area contributed by atoms with E-state index in [1.54, 1.807) is 6.07 Å². The molecular weight excluding hydrogens is 352 g/mol. The predicted octanol–water partition coefficient (Wildman–Crippen LogP) is 3.94. The lowest BCUT2D eigenvalue weighted by molar-refractivity contribution is 0.454. The Morgan fingerprint density at radius 3 is 2.62 bits per heavy atom. The number of halogens is 1. The highest BCUT2D eigenvalue weighted by Gasteiger charge is 2.16. The maximum atomic E-state index is 12.3. The molecule has 0 aliphatic rings. The van der Waals surface area contributed by atoms with Crippen LogP contribution in [0.2, 0.25) is 0 Å². The summed E-state index contributed by atoms with van der Waals surface area (Å²) in [5, 5.41) is 10.2. The Morgan fingerprint density at radius 1 is 1.24 bits per heavy atom. The summed E-state index contributed by atoms with van der Waals surface area (Å²) >= 11 is 4.80. The zero-order valence-corrected chi connectivity index (χ0v) is 13.5. The molecule has 21 heavy (non-hydrogen) atoms. The van der Waals surface area contributed by atoms with Crippen molar-refractivity contribution in [3.8, 4) is 27.7 Å². The lowest BCUT2D eigenvalue weighted by atomic mass is 10.0. The van der Waals surface area contributed by atoms with E-state index in [1.807, 2.05) is 37.3 Å². The standard InChI is InChI=1S/C15H11BrN2O2S/c1-8-4-2-3-5-9(8)12-14(19)17-13(18-15(12)20)10-6-7-11(16)21-10/h2-7H,1H3,(H2,17,18,19,20). The minimum absolute atomic E-state index is 0.201. The van der Waals surface area contributed by atoms with Gasteiger partial charge in [0, 0.05) is 0 Å². The van der Waals surface area contributed by atoms with Crippen LogP contribution in [-0.2, 0) is 0 Å². The molecule has 0 aliphatic heterocycles. The number of aryl methyl sites for hydroxylation is 1. The summed E-state index contributed by atoms with van der Waals surface area (Å²) < 4.78 is 0.933. The summed E-state index contributed by atoms with van der Waals surface area (Å²) in [5.74, 6) is 0.109. The molecule has 0 saturated carbocycles. The minimum atomic E-state index is -0.351. The van der Waals surface area contributed by atoms with Crippen LogP contribution in [0.1, 0.15) is 5.56 Å². The zero-order chi connectivity index (χ0) is 15.0. The van der Waals surface area contributed by atoms with Gasteiger partial charge in [0.25, 0.3) is 5.56 Å². The van der Waals surface area contributed by atoms with Crippen molar-refractivity contribution in [2.45, 2.75) is 6.92 Å². The van der Waals surface area contributed by atoms with Gasteiger partial charge in [0.2, 0.25) is 5.88 Å². The first kappa shape index (κ1) is 14.0. The molecule has 0 bridgehead atoms. The first-order valence-corrected chi connectivity index (χ1v) is 7.82. The van der Waals surface area contributed by atoms with Crippen LogP contribution in [0.5, 0.6) is 5.88 Å². The van der Waals surface area contributed by atoms with Crippen molar-refractivity contribution >= 4 is 27.3 Å². The Labute approximate surface area is 133 Å². The van der Waals surface area contributed by atoms with Crippen molar-refractivity contribution in [1.29, 1.82) is 0 Å². The van der Waals surface area contributed by atoms with Crippen LogP contribution in [0.15, 0.2) is 45.0 Å². The molecule has 2 heterocycles. The van der Waals surface area contributed by atoms with Crippen LogP contribution in [-0.4, -0.2) is 15.1 Å². The Bertz CT molecular complexity index is 870. The molecule has 0 aliphatic carbocycles. The Balaban J connectivity index is 2.18. The Kier molecular flexibility index (Phi) is 3.65. The molecule has 2 N–H and O–H groups in total. The number of aromatic nitrogens is 2. The molecule has 0 radical (unpaired) electrons. The van der Waals surface area contributed by atoms with Gasteiger partial charge in [-0.1, -0.05) is 24.3 Å². The number of hydrogen-bond acceptors (Lipinski definition) is 4. The smallest absolute Gasteiger partial charge is 0.262 e. The number of thiophene rings is 1. The van der Waals surface area contributed by atoms with Gasteiger partial charge in [-0.25, -0.2) is 0 Å². The number of H-pyrrole nitrogens is 1. The number of aromatic hydroxyl groups is 1. The number of rotatable bonds is 2. The average Bonchev–Trinajstić information content (AvgIpc) is 2.87. The number of hydrogen-bond donors (Lipinski definition) is 2. The van der Waals surface area contributed by atoms with Gasteiger partial charge in [0.15, 0.2) is 5.82 Å². The van der Waals surface area contributed by atoms with Crippen LogP contribution in [0.3, 0.4) is 0 Å². The highest BCUT2D eigenvalue weighted by atomic mass is 79.9. The summed E-state index contributed by atoms with van der Waals surface area (Å²) in [5.41, 5.74) is 1.44. The Hall–Kier alpha value is -1.92. The maximum Gasteiger partial charge on any atom is 0.262 e. The largest absolute Gasteiger partial charge is 0.493 e. The summed E-state index contributed by atoms with van der Waals surface area (Å²) in [6, 6.07) is 11.1. The van der Waals surface area contributed by atoms with Crippen LogP contribution in [0, 0.1) is 6.92 Å². The fourth-order valence-electron chi connectivity index (χ4n) is 2.12. The highest BCUT2D eigenvalue weighted by molar-refractivity contribution is 9.11. The van der Waals surface area contributed by atoms with Crippen LogP contribution in [0.25, 0.3) is 21.8 Å². The molecule has 6 heteroatoms. The SMILES string of the molecule is Cc1ccccc1-c1c(O)nc(-c2ccc(Br)s2)[nH]c1=O. The fraction of sp³-hybridized carbons (Fsp3) is 0.0667. The second kappa shape index (κ2) is 5.46. The van der Waals surface area contributed by atoms with Crippen molar-refractivity contribution in [3.63, 3.8) is 0 Å². The number of aromatic amines is 1. The van der Waals surface area contributed by atoms with Gasteiger partial charge in [-0.15, -0.1) is 11.3 Å². The third-order valence-electron chi connectivity index (χ3n) is 3.12. The second-order valence-electron chi connectivity index (χ2n) is 4.53. The van der Waals surface area contributed by atoms with E-state index in [-0.39, 0.29) is 17.0 Å². The molecule has 0 spiro atoms. The van der Waals surface area contributed by atoms with Crippen molar-refractivity contribution in [2.75, 3.05) is 0 Å². The van der Waals surface area contributed by atoms with Gasteiger partial charge in [-0.2, -0.15) is 4.98 Å². The zero-order valence-electron chi connectivity index (χ0n) is 11.1. The fourth-order valence-corrected chi connectivity index (χ4v) is 3.45. The molecule has 4 nitrogen and oxygen atoms in total. The van der Waals surface area contributed by atoms with Gasteiger partial charge in [-0.3, -0.25) is 4.79 Å². The second-order valence-corrected chi connectivity index (χ2v) is 6.99. The number of benzene rings is 1. The topological polar surface area (TPSA) is 66.0 Å². The summed E-state index contributed by atoms with van der Waals surface area (Å²) in [7, 11) is 0. The predicted molar refractivity (Wildman–Crippen MR) is 87.7 cm³/mol. The molecule has 1 aromatic carbocycles. The molecule has 3 rings (SSSR count). The summed E-state index contributed by atoms with van der Waals surface area (Å²) in [4.78, 5) is 20.0. The molecule has 0 amide bonds. The van der Waals surface area contributed by atoms with E-state index in [2.05, 4.69) is 25.9 Å². The molecule has 106 valence electrons. The van der Waals surface area contributed by atoms with E-state index in [1.165, 1.54) is 11.3 Å². The normalized spacial score (nSPS) is 10.8. The van der Waals surface area contributed by atoms with Crippen molar-refractivity contribution in [2.24, 2.45) is 0 Å². The van der Waals surface area contributed by atoms with Crippen molar-refractivity contribution in [3.05, 3.63) is 56.1 Å². The third kappa shape index (κ3) is 2.64. The van der Waals surface area contributed by atoms with Gasteiger partial charge in [0.05, 0.1) is 8.66 Å². The van der Waals surface area contributed by atoms with Crippen LogP contribution in [0.4, 0.5) is 0 Å². The summed E-state index contributed by atoms with van der Waals surface area (Å²) in [6.45, 7) is 1.89. The maximum absolute atomic E-state index is 12.3. The highest BCUT2D eigenvalue weighted by Crippen LogP contribution is 2.32. The van der Waals surface area contributed by atoms with Gasteiger partial charge in [-0.05, 0) is 46.1 Å². The molecule has 0 saturated heterocycles. The molecule has 0 unspecified atom stereocenters. The first-order valence-electron chi connectivity index (χ1n) is 6.21. The minimum Gasteiger partial charge on any atom is -0.493 e. The monoisotopic (exact) mass is 362 g/mol. The van der Waals surface area contributed by atoms with Gasteiger partial charge < -0.3 is 10.1 Å². The molecular formula is C15H11BrN2O2S. The molecule has 3 aromatic rings. The third-order valence-corrected chi connectivity index (χ3v) is 4.75.